The Labute approximate surface area is 206 Å². The van der Waals surface area contributed by atoms with Crippen molar-refractivity contribution in [2.75, 3.05) is 57.5 Å². The van der Waals surface area contributed by atoms with Crippen LogP contribution in [0.4, 0.5) is 11.8 Å². The maximum Gasteiger partial charge on any atom is 0.222 e. The summed E-state index contributed by atoms with van der Waals surface area (Å²) in [6.07, 6.45) is 3.41. The summed E-state index contributed by atoms with van der Waals surface area (Å²) in [5, 5.41) is 17.1. The van der Waals surface area contributed by atoms with Crippen molar-refractivity contribution in [2.45, 2.75) is 39.0 Å². The average molecular weight is 484 g/mol. The molecule has 11 nitrogen and oxygen atoms in total. The van der Waals surface area contributed by atoms with Gasteiger partial charge in [0.05, 0.1) is 32.6 Å². The number of aliphatic hydroxyl groups is 1. The number of hydrogen-bond acceptors (Lipinski definition) is 10. The number of aliphatic hydroxyl groups excluding tert-OH is 1. The van der Waals surface area contributed by atoms with Gasteiger partial charge in [0.15, 0.2) is 11.3 Å². The van der Waals surface area contributed by atoms with Crippen LogP contribution in [0.5, 0.6) is 5.75 Å². The highest BCUT2D eigenvalue weighted by Crippen LogP contribution is 2.25. The van der Waals surface area contributed by atoms with Gasteiger partial charge in [0.2, 0.25) is 5.95 Å². The van der Waals surface area contributed by atoms with Crippen LogP contribution in [0.2, 0.25) is 0 Å². The molecule has 35 heavy (non-hydrogen) atoms. The summed E-state index contributed by atoms with van der Waals surface area (Å²) >= 11 is 0. The molecule has 0 radical (unpaired) electrons. The van der Waals surface area contributed by atoms with Crippen molar-refractivity contribution in [2.24, 2.45) is 5.73 Å². The summed E-state index contributed by atoms with van der Waals surface area (Å²) in [4.78, 5) is 13.4. The minimum atomic E-state index is -0.229. The highest BCUT2D eigenvalue weighted by Gasteiger charge is 2.18. The fourth-order valence-electron chi connectivity index (χ4n) is 4.48. The van der Waals surface area contributed by atoms with Crippen molar-refractivity contribution >= 4 is 22.8 Å². The first kappa shape index (κ1) is 25.1. The van der Waals surface area contributed by atoms with Crippen molar-refractivity contribution in [3.63, 3.8) is 0 Å². The predicted octanol–water partition coefficient (Wildman–Crippen LogP) is 1.07. The molecule has 1 aromatic carbocycles. The van der Waals surface area contributed by atoms with Crippen molar-refractivity contribution in [1.29, 1.82) is 0 Å². The number of rotatable bonds is 11. The largest absolute Gasteiger partial charge is 0.496 e. The molecule has 0 bridgehead atoms. The maximum atomic E-state index is 9.13. The van der Waals surface area contributed by atoms with E-state index >= 15 is 0 Å². The summed E-state index contributed by atoms with van der Waals surface area (Å²) in [5.41, 5.74) is 15.6. The van der Waals surface area contributed by atoms with E-state index in [9.17, 15) is 0 Å². The summed E-state index contributed by atoms with van der Waals surface area (Å²) in [7, 11) is 1.69. The van der Waals surface area contributed by atoms with E-state index in [0.29, 0.717) is 23.4 Å². The number of β-amino-alcohol motifs (C(OH)–C–C–N with tert-alkyl or cyclic N) is 1. The summed E-state index contributed by atoms with van der Waals surface area (Å²) < 4.78 is 7.55. The molecule has 0 spiro atoms. The fraction of sp³-hybridized carbons (Fsp3) is 0.542. The van der Waals surface area contributed by atoms with Crippen LogP contribution in [0.15, 0.2) is 24.4 Å². The number of nitrogens with two attached hydrogens (primary N) is 2. The lowest BCUT2D eigenvalue weighted by atomic mass is 10.1. The number of anilines is 2. The fourth-order valence-corrected chi connectivity index (χ4v) is 4.48. The Hall–Kier alpha value is -2.99. The van der Waals surface area contributed by atoms with Crippen molar-refractivity contribution in [1.82, 2.24) is 29.5 Å². The molecule has 190 valence electrons. The molecule has 1 fully saturated rings. The first-order chi connectivity index (χ1) is 17.0. The zero-order chi connectivity index (χ0) is 24.8. The first-order valence-corrected chi connectivity index (χ1v) is 12.2. The first-order valence-electron chi connectivity index (χ1n) is 12.2. The molecule has 3 heterocycles. The van der Waals surface area contributed by atoms with E-state index in [-0.39, 0.29) is 18.7 Å². The van der Waals surface area contributed by atoms with Crippen LogP contribution in [0.1, 0.15) is 30.9 Å². The zero-order valence-electron chi connectivity index (χ0n) is 20.7. The number of ether oxygens (including phenoxy) is 1. The van der Waals surface area contributed by atoms with Gasteiger partial charge in [-0.3, -0.25) is 14.5 Å². The summed E-state index contributed by atoms with van der Waals surface area (Å²) in [6.45, 7) is 8.40. The minimum absolute atomic E-state index is 0.183. The molecule has 4 rings (SSSR count). The molecule has 3 aromatic rings. The molecule has 0 amide bonds. The van der Waals surface area contributed by atoms with Crippen LogP contribution in [-0.4, -0.2) is 87.3 Å². The number of nitrogens with zero attached hydrogens (tertiary/aromatic N) is 6. The Morgan fingerprint density at radius 1 is 1.14 bits per heavy atom. The molecular weight excluding hydrogens is 446 g/mol. The van der Waals surface area contributed by atoms with E-state index in [1.54, 1.807) is 7.11 Å². The molecule has 11 heteroatoms. The Kier molecular flexibility index (Phi) is 8.34. The third-order valence-corrected chi connectivity index (χ3v) is 6.32. The van der Waals surface area contributed by atoms with Crippen molar-refractivity contribution in [3.05, 3.63) is 35.5 Å². The van der Waals surface area contributed by atoms with E-state index in [1.165, 1.54) is 5.56 Å². The molecule has 1 saturated heterocycles. The van der Waals surface area contributed by atoms with Gasteiger partial charge >= 0.3 is 0 Å². The number of nitrogen functional groups attached to an aromatic ring is 1. The van der Waals surface area contributed by atoms with Crippen LogP contribution in [0.3, 0.4) is 0 Å². The van der Waals surface area contributed by atoms with E-state index in [4.69, 9.17) is 26.4 Å². The number of aromatic nitrogens is 4. The molecule has 1 aliphatic rings. The van der Waals surface area contributed by atoms with Gasteiger partial charge < -0.3 is 26.6 Å². The standard InChI is InChI=1S/C24H37N9O2/c1-3-4-21(25)28-23-22-19(27-24(26)29-23)16-33(30-22)15-18-6-5-17(13-20(18)35-2)14-32-9-7-31(8-10-32)11-12-34/h5-6,13,16,21,34H,3-4,7-12,14-15,25H2,1-2H3,(H3,26,27,28,29). The summed E-state index contributed by atoms with van der Waals surface area (Å²) in [6, 6.07) is 6.35. The van der Waals surface area contributed by atoms with Gasteiger partial charge in [-0.15, -0.1) is 0 Å². The molecule has 0 saturated carbocycles. The van der Waals surface area contributed by atoms with Crippen LogP contribution in [0, 0.1) is 0 Å². The van der Waals surface area contributed by atoms with E-state index in [1.807, 2.05) is 10.9 Å². The van der Waals surface area contributed by atoms with E-state index in [0.717, 1.165) is 63.4 Å². The Morgan fingerprint density at radius 2 is 1.91 bits per heavy atom. The minimum Gasteiger partial charge on any atom is -0.496 e. The van der Waals surface area contributed by atoms with Gasteiger partial charge in [-0.05, 0) is 18.1 Å². The second kappa shape index (κ2) is 11.6. The molecule has 1 unspecified atom stereocenters. The number of piperazine rings is 1. The average Bonchev–Trinajstić information content (AvgIpc) is 3.24. The Morgan fingerprint density at radius 3 is 2.63 bits per heavy atom. The van der Waals surface area contributed by atoms with Gasteiger partial charge in [0.1, 0.15) is 11.3 Å². The molecule has 6 N–H and O–H groups in total. The maximum absolute atomic E-state index is 9.13. The lowest BCUT2D eigenvalue weighted by molar-refractivity contribution is 0.108. The SMILES string of the molecule is CCCC(N)Nc1nc(N)nc2cn(Cc3ccc(CN4CCN(CCO)CC4)cc3OC)nc12. The molecule has 1 atom stereocenters. The van der Waals surface area contributed by atoms with Gasteiger partial charge in [0.25, 0.3) is 0 Å². The molecular formula is C24H37N9O2. The Balaban J connectivity index is 1.47. The van der Waals surface area contributed by atoms with Gasteiger partial charge in [-0.25, -0.2) is 4.98 Å². The quantitative estimate of drug-likeness (QED) is 0.292. The molecule has 0 aliphatic carbocycles. The van der Waals surface area contributed by atoms with Crippen molar-refractivity contribution < 1.29 is 9.84 Å². The lowest BCUT2D eigenvalue weighted by Gasteiger charge is -2.34. The highest BCUT2D eigenvalue weighted by molar-refractivity contribution is 5.85. The highest BCUT2D eigenvalue weighted by atomic mass is 16.5. The number of hydrogen-bond donors (Lipinski definition) is 4. The number of fused-ring (bicyclic) bond motifs is 1. The lowest BCUT2D eigenvalue weighted by Crippen LogP contribution is -2.46. The predicted molar refractivity (Wildman–Crippen MR) is 137 cm³/mol. The van der Waals surface area contributed by atoms with Crippen molar-refractivity contribution in [3.8, 4) is 5.75 Å². The second-order valence-electron chi connectivity index (χ2n) is 9.02. The summed E-state index contributed by atoms with van der Waals surface area (Å²) in [5.74, 6) is 1.56. The molecule has 1 aliphatic heterocycles. The Bertz CT molecular complexity index is 1110. The van der Waals surface area contributed by atoms with E-state index in [2.05, 4.69) is 50.2 Å². The van der Waals surface area contributed by atoms with Crippen LogP contribution in [-0.2, 0) is 13.1 Å². The van der Waals surface area contributed by atoms with E-state index < -0.39 is 0 Å². The number of methoxy groups -OCH3 is 1. The second-order valence-corrected chi connectivity index (χ2v) is 9.02. The monoisotopic (exact) mass is 483 g/mol. The van der Waals surface area contributed by atoms with Crippen LogP contribution >= 0.6 is 0 Å². The van der Waals surface area contributed by atoms with Crippen LogP contribution in [0.25, 0.3) is 11.0 Å². The smallest absolute Gasteiger partial charge is 0.222 e. The van der Waals surface area contributed by atoms with Gasteiger partial charge in [-0.2, -0.15) is 10.1 Å². The number of nitrogens with one attached hydrogen (secondary N) is 1. The normalized spacial score (nSPS) is 16.0. The third kappa shape index (κ3) is 6.37. The van der Waals surface area contributed by atoms with Gasteiger partial charge in [0, 0.05) is 44.8 Å². The van der Waals surface area contributed by atoms with Crippen LogP contribution < -0.4 is 21.5 Å². The molecule has 2 aromatic heterocycles. The zero-order valence-corrected chi connectivity index (χ0v) is 20.7. The third-order valence-electron chi connectivity index (χ3n) is 6.32. The topological polar surface area (TPSA) is 144 Å². The number of benzene rings is 1. The van der Waals surface area contributed by atoms with Gasteiger partial charge in [-0.1, -0.05) is 25.5 Å².